The molecule has 0 saturated heterocycles. The molecule has 0 unspecified atom stereocenters. The Bertz CT molecular complexity index is 269. The molecular weight excluding hydrogens is 164 g/mol. The minimum absolute atomic E-state index is 0.00861. The van der Waals surface area contributed by atoms with E-state index in [9.17, 15) is 4.79 Å². The summed E-state index contributed by atoms with van der Waals surface area (Å²) in [7, 11) is 0. The van der Waals surface area contributed by atoms with Crippen LogP contribution in [-0.4, -0.2) is 11.3 Å². The number of carbonyl (C=O) groups excluding carboxylic acids is 1. The lowest BCUT2D eigenvalue weighted by molar-refractivity contribution is 0.112. The summed E-state index contributed by atoms with van der Waals surface area (Å²) in [6.45, 7) is 2.08. The van der Waals surface area contributed by atoms with Crippen molar-refractivity contribution in [2.45, 2.75) is 25.8 Å². The van der Waals surface area contributed by atoms with Gasteiger partial charge in [-0.3, -0.25) is 9.78 Å². The zero-order chi connectivity index (χ0) is 9.68. The lowest BCUT2D eigenvalue weighted by Gasteiger charge is -2.08. The van der Waals surface area contributed by atoms with Crippen molar-refractivity contribution in [1.29, 1.82) is 0 Å². The lowest BCUT2D eigenvalue weighted by atomic mass is 10.1. The molecule has 0 spiro atoms. The van der Waals surface area contributed by atoms with Crippen LogP contribution in [0.2, 0.25) is 0 Å². The molecule has 0 aromatic carbocycles. The van der Waals surface area contributed by atoms with Crippen molar-refractivity contribution in [3.8, 4) is 0 Å². The fourth-order valence-corrected chi connectivity index (χ4v) is 1.16. The average Bonchev–Trinajstić information content (AvgIpc) is 2.18. The molecule has 0 amide bonds. The van der Waals surface area contributed by atoms with Gasteiger partial charge in [-0.2, -0.15) is 0 Å². The van der Waals surface area contributed by atoms with Gasteiger partial charge in [0.1, 0.15) is 0 Å². The number of carbonyl (C=O) groups is 1. The first-order valence-corrected chi connectivity index (χ1v) is 4.44. The summed E-state index contributed by atoms with van der Waals surface area (Å²) in [5, 5.41) is 0. The van der Waals surface area contributed by atoms with Gasteiger partial charge in [0.2, 0.25) is 0 Å². The molecule has 2 N–H and O–H groups in total. The van der Waals surface area contributed by atoms with Crippen LogP contribution in [0.5, 0.6) is 0 Å². The van der Waals surface area contributed by atoms with E-state index in [1.807, 2.05) is 6.07 Å². The van der Waals surface area contributed by atoms with Gasteiger partial charge in [-0.05, 0) is 18.6 Å². The fourth-order valence-electron chi connectivity index (χ4n) is 1.16. The van der Waals surface area contributed by atoms with E-state index in [0.29, 0.717) is 5.56 Å². The highest BCUT2D eigenvalue weighted by Gasteiger charge is 2.05. The van der Waals surface area contributed by atoms with Crippen LogP contribution >= 0.6 is 0 Å². The van der Waals surface area contributed by atoms with Crippen molar-refractivity contribution in [2.24, 2.45) is 5.73 Å². The molecule has 70 valence electrons. The summed E-state index contributed by atoms with van der Waals surface area (Å²) in [4.78, 5) is 14.5. The molecule has 1 rings (SSSR count). The quantitative estimate of drug-likeness (QED) is 0.714. The highest BCUT2D eigenvalue weighted by Crippen LogP contribution is 2.12. The molecule has 13 heavy (non-hydrogen) atoms. The average molecular weight is 178 g/mol. The minimum Gasteiger partial charge on any atom is -0.323 e. The van der Waals surface area contributed by atoms with Crippen molar-refractivity contribution in [1.82, 2.24) is 4.98 Å². The maximum absolute atomic E-state index is 10.3. The van der Waals surface area contributed by atoms with Gasteiger partial charge in [-0.15, -0.1) is 0 Å². The van der Waals surface area contributed by atoms with Crippen LogP contribution in [-0.2, 0) is 0 Å². The Morgan fingerprint density at radius 1 is 1.62 bits per heavy atom. The summed E-state index contributed by atoms with van der Waals surface area (Å²) < 4.78 is 0. The molecule has 1 aromatic rings. The molecule has 0 aliphatic heterocycles. The molecule has 0 radical (unpaired) electrons. The van der Waals surface area contributed by atoms with E-state index in [1.54, 1.807) is 12.3 Å². The highest BCUT2D eigenvalue weighted by molar-refractivity contribution is 5.73. The van der Waals surface area contributed by atoms with E-state index in [4.69, 9.17) is 5.73 Å². The zero-order valence-electron chi connectivity index (χ0n) is 7.73. The molecule has 0 bridgehead atoms. The number of rotatable bonds is 4. The fraction of sp³-hybridized carbons (Fsp3) is 0.400. The molecule has 0 fully saturated rings. The predicted molar refractivity (Wildman–Crippen MR) is 51.5 cm³/mol. The first-order valence-electron chi connectivity index (χ1n) is 4.44. The minimum atomic E-state index is -0.00861. The SMILES string of the molecule is CCC[C@@H](N)c1ccc(C=O)cn1. The van der Waals surface area contributed by atoms with Gasteiger partial charge in [0.15, 0.2) is 6.29 Å². The van der Waals surface area contributed by atoms with Crippen molar-refractivity contribution >= 4 is 6.29 Å². The highest BCUT2D eigenvalue weighted by atomic mass is 16.1. The van der Waals surface area contributed by atoms with Crippen LogP contribution < -0.4 is 5.73 Å². The second-order valence-electron chi connectivity index (χ2n) is 3.03. The van der Waals surface area contributed by atoms with Crippen molar-refractivity contribution in [3.05, 3.63) is 29.6 Å². The maximum Gasteiger partial charge on any atom is 0.151 e. The van der Waals surface area contributed by atoms with E-state index in [1.165, 1.54) is 0 Å². The molecule has 0 aliphatic rings. The second kappa shape index (κ2) is 4.72. The predicted octanol–water partition coefficient (Wildman–Crippen LogP) is 1.69. The zero-order valence-corrected chi connectivity index (χ0v) is 7.73. The standard InChI is InChI=1S/C10H14N2O/c1-2-3-9(11)10-5-4-8(7-13)6-12-10/h4-7,9H,2-3,11H2,1H3/t9-/m1/s1. The van der Waals surface area contributed by atoms with Crippen molar-refractivity contribution < 1.29 is 4.79 Å². The molecular formula is C10H14N2O. The number of aromatic nitrogens is 1. The summed E-state index contributed by atoms with van der Waals surface area (Å²) in [5.74, 6) is 0. The summed E-state index contributed by atoms with van der Waals surface area (Å²) in [6, 6.07) is 3.54. The Labute approximate surface area is 78.0 Å². The van der Waals surface area contributed by atoms with E-state index < -0.39 is 0 Å². The molecule has 3 heteroatoms. The maximum atomic E-state index is 10.3. The van der Waals surface area contributed by atoms with Crippen LogP contribution in [0.15, 0.2) is 18.3 Å². The number of hydrogen-bond acceptors (Lipinski definition) is 3. The number of pyridine rings is 1. The third-order valence-corrected chi connectivity index (χ3v) is 1.92. The third-order valence-electron chi connectivity index (χ3n) is 1.92. The number of nitrogens with zero attached hydrogens (tertiary/aromatic N) is 1. The van der Waals surface area contributed by atoms with Crippen molar-refractivity contribution in [2.75, 3.05) is 0 Å². The van der Waals surface area contributed by atoms with E-state index >= 15 is 0 Å². The largest absolute Gasteiger partial charge is 0.323 e. The molecule has 0 saturated carbocycles. The van der Waals surface area contributed by atoms with Gasteiger partial charge >= 0.3 is 0 Å². The van der Waals surface area contributed by atoms with Crippen LogP contribution in [0.25, 0.3) is 0 Å². The first-order chi connectivity index (χ1) is 6.27. The van der Waals surface area contributed by atoms with Crippen LogP contribution in [0.3, 0.4) is 0 Å². The number of hydrogen-bond donors (Lipinski definition) is 1. The third kappa shape index (κ3) is 2.63. The van der Waals surface area contributed by atoms with E-state index in [0.717, 1.165) is 24.8 Å². The Morgan fingerprint density at radius 3 is 2.85 bits per heavy atom. The van der Waals surface area contributed by atoms with Gasteiger partial charge < -0.3 is 5.73 Å². The van der Waals surface area contributed by atoms with Crippen LogP contribution in [0.4, 0.5) is 0 Å². The Hall–Kier alpha value is -1.22. The molecule has 1 atom stereocenters. The Morgan fingerprint density at radius 2 is 2.38 bits per heavy atom. The normalized spacial score (nSPS) is 12.5. The Kier molecular flexibility index (Phi) is 3.58. The monoisotopic (exact) mass is 178 g/mol. The number of nitrogens with two attached hydrogens (primary N) is 1. The molecule has 1 aromatic heterocycles. The summed E-state index contributed by atoms with van der Waals surface area (Å²) >= 11 is 0. The molecule has 1 heterocycles. The number of aldehydes is 1. The van der Waals surface area contributed by atoms with Gasteiger partial charge in [0.05, 0.1) is 5.69 Å². The van der Waals surface area contributed by atoms with Crippen LogP contribution in [0, 0.1) is 0 Å². The lowest BCUT2D eigenvalue weighted by Crippen LogP contribution is -2.11. The van der Waals surface area contributed by atoms with E-state index in [-0.39, 0.29) is 6.04 Å². The summed E-state index contributed by atoms with van der Waals surface area (Å²) in [5.41, 5.74) is 7.29. The molecule has 3 nitrogen and oxygen atoms in total. The topological polar surface area (TPSA) is 56.0 Å². The van der Waals surface area contributed by atoms with Gasteiger partial charge in [-0.1, -0.05) is 13.3 Å². The van der Waals surface area contributed by atoms with Crippen LogP contribution in [0.1, 0.15) is 41.9 Å². The smallest absolute Gasteiger partial charge is 0.151 e. The second-order valence-corrected chi connectivity index (χ2v) is 3.03. The van der Waals surface area contributed by atoms with Crippen molar-refractivity contribution in [3.63, 3.8) is 0 Å². The van der Waals surface area contributed by atoms with Gasteiger partial charge in [0, 0.05) is 17.8 Å². The van der Waals surface area contributed by atoms with Gasteiger partial charge in [-0.25, -0.2) is 0 Å². The van der Waals surface area contributed by atoms with E-state index in [2.05, 4.69) is 11.9 Å². The van der Waals surface area contributed by atoms with Gasteiger partial charge in [0.25, 0.3) is 0 Å². The molecule has 0 aliphatic carbocycles. The Balaban J connectivity index is 2.73. The summed E-state index contributed by atoms with van der Waals surface area (Å²) in [6.07, 6.45) is 4.30. The first kappa shape index (κ1) is 9.86.